The molecule has 3 atom stereocenters. The predicted molar refractivity (Wildman–Crippen MR) is 99.4 cm³/mol. The maximum absolute atomic E-state index is 14.8. The maximum Gasteiger partial charge on any atom is 0.128 e. The summed E-state index contributed by atoms with van der Waals surface area (Å²) in [4.78, 5) is 5.34. The van der Waals surface area contributed by atoms with E-state index in [1.54, 1.807) is 13.2 Å². The van der Waals surface area contributed by atoms with Crippen LogP contribution in [-0.4, -0.2) is 19.9 Å². The van der Waals surface area contributed by atoms with Gasteiger partial charge in [-0.1, -0.05) is 28.1 Å². The van der Waals surface area contributed by atoms with Crippen LogP contribution in [0.25, 0.3) is 0 Å². The number of hydrogen-bond acceptors (Lipinski definition) is 4. The summed E-state index contributed by atoms with van der Waals surface area (Å²) in [5, 5.41) is 0. The molecule has 1 aliphatic heterocycles. The van der Waals surface area contributed by atoms with Gasteiger partial charge in [0.15, 0.2) is 0 Å². The van der Waals surface area contributed by atoms with Crippen LogP contribution >= 0.6 is 15.9 Å². The molecule has 1 heterocycles. The maximum atomic E-state index is 14.8. The fourth-order valence-corrected chi connectivity index (χ4v) is 4.03. The van der Waals surface area contributed by atoms with Gasteiger partial charge in [0.1, 0.15) is 23.8 Å². The minimum absolute atomic E-state index is 0.0218. The molecule has 1 aliphatic carbocycles. The van der Waals surface area contributed by atoms with E-state index in [1.165, 1.54) is 6.07 Å². The molecule has 2 aromatic rings. The number of methoxy groups -OCH3 is 1. The number of rotatable bonds is 7. The monoisotopic (exact) mass is 439 g/mol. The third kappa shape index (κ3) is 3.49. The number of nitrogens with one attached hydrogen (secondary N) is 1. The Morgan fingerprint density at radius 3 is 2.63 bits per heavy atom. The normalized spacial score (nSPS) is 26.1. The smallest absolute Gasteiger partial charge is 0.128 e. The second-order valence-electron chi connectivity index (χ2n) is 6.97. The van der Waals surface area contributed by atoms with Crippen LogP contribution < -0.4 is 10.2 Å². The number of halogens is 3. The van der Waals surface area contributed by atoms with Gasteiger partial charge in [-0.05, 0) is 41.8 Å². The van der Waals surface area contributed by atoms with Gasteiger partial charge in [-0.25, -0.2) is 8.78 Å². The Hall–Kier alpha value is -1.54. The molecule has 0 unspecified atom stereocenters. The van der Waals surface area contributed by atoms with Crippen molar-refractivity contribution in [3.05, 3.63) is 63.4 Å². The number of hydroxylamine groups is 1. The summed E-state index contributed by atoms with van der Waals surface area (Å²) in [7, 11) is 1.62. The molecule has 0 spiro atoms. The molecule has 2 aliphatic rings. The van der Waals surface area contributed by atoms with Crippen LogP contribution in [0.3, 0.4) is 0 Å². The highest BCUT2D eigenvalue weighted by molar-refractivity contribution is 9.10. The van der Waals surface area contributed by atoms with E-state index < -0.39 is 18.0 Å². The van der Waals surface area contributed by atoms with E-state index in [0.29, 0.717) is 22.2 Å². The zero-order chi connectivity index (χ0) is 19.0. The number of fused-ring (bicyclic) bond motifs is 1. The summed E-state index contributed by atoms with van der Waals surface area (Å²) in [6, 6.07) is 10.6. The number of alkyl halides is 1. The number of ether oxygens (including phenoxy) is 2. The third-order valence-electron chi connectivity index (χ3n) is 5.27. The minimum atomic E-state index is -1.10. The SMILES string of the molecule is COc1ccc(COCc2cc(F)c([C@@]3(CF)NO[C@@H]4C[C@@H]43)cc2Br)cc1. The van der Waals surface area contributed by atoms with Crippen molar-refractivity contribution < 1.29 is 23.1 Å². The molecule has 4 rings (SSSR count). The van der Waals surface area contributed by atoms with Crippen molar-refractivity contribution in [1.82, 2.24) is 5.48 Å². The first kappa shape index (κ1) is 18.8. The Labute approximate surface area is 164 Å². The average molecular weight is 440 g/mol. The summed E-state index contributed by atoms with van der Waals surface area (Å²) in [6.45, 7) is -0.0827. The van der Waals surface area contributed by atoms with Gasteiger partial charge in [0.25, 0.3) is 0 Å². The van der Waals surface area contributed by atoms with Gasteiger partial charge in [0.2, 0.25) is 0 Å². The van der Waals surface area contributed by atoms with Crippen molar-refractivity contribution in [2.75, 3.05) is 13.8 Å². The standard InChI is InChI=1S/C20H20BrF2NO3/c1-25-14-4-2-12(3-5-14)9-26-10-13-6-18(23)15(7-17(13)21)20(11-22)16-8-19(16)27-24-20/h2-7,16,19,24H,8-11H2,1H3/t16-,19+,20+/m0/s1. The summed E-state index contributed by atoms with van der Waals surface area (Å²) in [5.74, 6) is 0.298. The first-order valence-corrected chi connectivity index (χ1v) is 9.54. The van der Waals surface area contributed by atoms with E-state index in [-0.39, 0.29) is 18.6 Å². The van der Waals surface area contributed by atoms with Gasteiger partial charge >= 0.3 is 0 Å². The molecule has 27 heavy (non-hydrogen) atoms. The molecule has 1 saturated carbocycles. The first-order chi connectivity index (χ1) is 13.1. The van der Waals surface area contributed by atoms with E-state index in [9.17, 15) is 8.78 Å². The Bertz CT molecular complexity index is 833. The lowest BCUT2D eigenvalue weighted by atomic mass is 9.86. The largest absolute Gasteiger partial charge is 0.497 e. The molecular formula is C20H20BrF2NO3. The molecule has 144 valence electrons. The summed E-state index contributed by atoms with van der Waals surface area (Å²) in [6.07, 6.45) is 0.729. The van der Waals surface area contributed by atoms with Crippen molar-refractivity contribution in [1.29, 1.82) is 0 Å². The molecule has 1 N–H and O–H groups in total. The number of benzene rings is 2. The Balaban J connectivity index is 1.45. The fraction of sp³-hybridized carbons (Fsp3) is 0.400. The van der Waals surface area contributed by atoms with Gasteiger partial charge in [0, 0.05) is 16.0 Å². The van der Waals surface area contributed by atoms with Crippen LogP contribution in [-0.2, 0) is 28.3 Å². The molecule has 0 amide bonds. The van der Waals surface area contributed by atoms with Crippen molar-refractivity contribution in [3.8, 4) is 5.75 Å². The number of hydrogen-bond donors (Lipinski definition) is 1. The van der Waals surface area contributed by atoms with Crippen LogP contribution in [0.2, 0.25) is 0 Å². The summed E-state index contributed by atoms with van der Waals surface area (Å²) in [5.41, 5.74) is 3.58. The van der Waals surface area contributed by atoms with Crippen LogP contribution in [0.4, 0.5) is 8.78 Å². The van der Waals surface area contributed by atoms with Crippen LogP contribution in [0.1, 0.15) is 23.1 Å². The van der Waals surface area contributed by atoms with Crippen molar-refractivity contribution in [2.45, 2.75) is 31.3 Å². The molecule has 4 nitrogen and oxygen atoms in total. The molecule has 7 heteroatoms. The third-order valence-corrected chi connectivity index (χ3v) is 6.01. The molecule has 0 aromatic heterocycles. The quantitative estimate of drug-likeness (QED) is 0.693. The highest BCUT2D eigenvalue weighted by Crippen LogP contribution is 2.53. The van der Waals surface area contributed by atoms with Crippen molar-refractivity contribution in [3.63, 3.8) is 0 Å². The zero-order valence-corrected chi connectivity index (χ0v) is 16.4. The predicted octanol–water partition coefficient (Wildman–Crippen LogP) is 4.40. The van der Waals surface area contributed by atoms with E-state index in [0.717, 1.165) is 17.7 Å². The second kappa shape index (κ2) is 7.47. The Morgan fingerprint density at radius 2 is 2.04 bits per heavy atom. The first-order valence-electron chi connectivity index (χ1n) is 8.75. The molecule has 2 fully saturated rings. The molecule has 0 bridgehead atoms. The van der Waals surface area contributed by atoms with Crippen LogP contribution in [0, 0.1) is 11.7 Å². The van der Waals surface area contributed by atoms with E-state index in [4.69, 9.17) is 14.3 Å². The molecule has 0 radical (unpaired) electrons. The Morgan fingerprint density at radius 1 is 1.26 bits per heavy atom. The van der Waals surface area contributed by atoms with E-state index in [2.05, 4.69) is 21.4 Å². The summed E-state index contributed by atoms with van der Waals surface area (Å²) < 4.78 is 40.1. The van der Waals surface area contributed by atoms with Gasteiger partial charge in [-0.3, -0.25) is 4.84 Å². The highest BCUT2D eigenvalue weighted by Gasteiger charge is 2.62. The summed E-state index contributed by atoms with van der Waals surface area (Å²) >= 11 is 3.47. The van der Waals surface area contributed by atoms with Crippen molar-refractivity contribution in [2.24, 2.45) is 5.92 Å². The average Bonchev–Trinajstić information content (AvgIpc) is 3.39. The van der Waals surface area contributed by atoms with Gasteiger partial charge in [-0.2, -0.15) is 5.48 Å². The fourth-order valence-electron chi connectivity index (χ4n) is 3.57. The van der Waals surface area contributed by atoms with Gasteiger partial charge in [-0.15, -0.1) is 0 Å². The topological polar surface area (TPSA) is 39.7 Å². The van der Waals surface area contributed by atoms with E-state index in [1.807, 2.05) is 24.3 Å². The zero-order valence-electron chi connectivity index (χ0n) is 14.8. The molecule has 1 saturated heterocycles. The molecular weight excluding hydrogens is 420 g/mol. The van der Waals surface area contributed by atoms with Crippen LogP contribution in [0.5, 0.6) is 5.75 Å². The lowest BCUT2D eigenvalue weighted by Gasteiger charge is -2.28. The minimum Gasteiger partial charge on any atom is -0.497 e. The lowest BCUT2D eigenvalue weighted by molar-refractivity contribution is 0.00720. The van der Waals surface area contributed by atoms with Crippen LogP contribution in [0.15, 0.2) is 40.9 Å². The van der Waals surface area contributed by atoms with Crippen molar-refractivity contribution >= 4 is 15.9 Å². The highest BCUT2D eigenvalue weighted by atomic mass is 79.9. The second-order valence-corrected chi connectivity index (χ2v) is 7.82. The molecule has 2 aromatic carbocycles. The van der Waals surface area contributed by atoms with E-state index >= 15 is 0 Å². The van der Waals surface area contributed by atoms with Gasteiger partial charge < -0.3 is 9.47 Å². The Kier molecular flexibility index (Phi) is 5.20. The van der Waals surface area contributed by atoms with Gasteiger partial charge in [0.05, 0.1) is 26.4 Å². The lowest BCUT2D eigenvalue weighted by Crippen LogP contribution is -2.43.